The second-order valence-electron chi connectivity index (χ2n) is 6.42. The molecule has 1 aromatic heterocycles. The molecule has 5 nitrogen and oxygen atoms in total. The van der Waals surface area contributed by atoms with Gasteiger partial charge in [-0.1, -0.05) is 24.3 Å². The molecule has 2 aromatic carbocycles. The summed E-state index contributed by atoms with van der Waals surface area (Å²) in [5.41, 5.74) is 8.63. The van der Waals surface area contributed by atoms with Gasteiger partial charge in [0.25, 0.3) is 0 Å². The third kappa shape index (κ3) is 3.13. The fourth-order valence-electron chi connectivity index (χ4n) is 2.71. The van der Waals surface area contributed by atoms with E-state index >= 15 is 0 Å². The van der Waals surface area contributed by atoms with Crippen molar-refractivity contribution in [1.29, 1.82) is 0 Å². The number of primary amides is 1. The largest absolute Gasteiger partial charge is 0.497 e. The number of amides is 1. The Labute approximate surface area is 146 Å². The highest BCUT2D eigenvalue weighted by Gasteiger charge is 2.28. The summed E-state index contributed by atoms with van der Waals surface area (Å²) in [5.74, 6) is 1.18. The monoisotopic (exact) mass is 335 g/mol. The Hall–Kier alpha value is -3.08. The van der Waals surface area contributed by atoms with Crippen LogP contribution in [0, 0.1) is 0 Å². The highest BCUT2D eigenvalue weighted by Crippen LogP contribution is 2.35. The number of aromatic amines is 1. The molecule has 0 saturated heterocycles. The van der Waals surface area contributed by atoms with E-state index in [1.165, 1.54) is 0 Å². The Morgan fingerprint density at radius 3 is 2.40 bits per heavy atom. The van der Waals surface area contributed by atoms with Crippen molar-refractivity contribution in [3.8, 4) is 28.3 Å². The fraction of sp³-hybridized carbons (Fsp3) is 0.200. The van der Waals surface area contributed by atoms with Gasteiger partial charge in [0.05, 0.1) is 12.5 Å². The van der Waals surface area contributed by atoms with Gasteiger partial charge < -0.3 is 15.5 Å². The number of nitrogens with one attached hydrogen (secondary N) is 1. The summed E-state index contributed by atoms with van der Waals surface area (Å²) in [7, 11) is 1.64. The molecular formula is C20H21N3O2. The Bertz CT molecular complexity index is 882. The maximum absolute atomic E-state index is 11.8. The van der Waals surface area contributed by atoms with Gasteiger partial charge in [-0.2, -0.15) is 0 Å². The smallest absolute Gasteiger partial charge is 0.227 e. The fourth-order valence-corrected chi connectivity index (χ4v) is 2.71. The molecule has 3 aromatic rings. The van der Waals surface area contributed by atoms with E-state index in [2.05, 4.69) is 9.97 Å². The molecule has 1 amide bonds. The molecule has 128 valence electrons. The van der Waals surface area contributed by atoms with Crippen LogP contribution in [0.4, 0.5) is 0 Å². The molecule has 0 aliphatic carbocycles. The quantitative estimate of drug-likeness (QED) is 0.748. The van der Waals surface area contributed by atoms with E-state index in [0.29, 0.717) is 0 Å². The number of rotatable bonds is 5. The van der Waals surface area contributed by atoms with E-state index in [1.54, 1.807) is 19.5 Å². The lowest BCUT2D eigenvalue weighted by molar-refractivity contribution is -0.122. The lowest BCUT2D eigenvalue weighted by Crippen LogP contribution is -2.35. The van der Waals surface area contributed by atoms with Crippen LogP contribution in [0.25, 0.3) is 22.5 Å². The van der Waals surface area contributed by atoms with E-state index in [4.69, 9.17) is 10.5 Å². The van der Waals surface area contributed by atoms with Crippen LogP contribution in [0.2, 0.25) is 0 Å². The molecule has 0 saturated carbocycles. The number of carbonyl (C=O) groups is 1. The summed E-state index contributed by atoms with van der Waals surface area (Å²) in [6.45, 7) is 3.65. The van der Waals surface area contributed by atoms with Crippen LogP contribution < -0.4 is 10.5 Å². The van der Waals surface area contributed by atoms with Crippen molar-refractivity contribution in [2.75, 3.05) is 7.11 Å². The zero-order valence-electron chi connectivity index (χ0n) is 14.5. The van der Waals surface area contributed by atoms with Crippen LogP contribution in [0.5, 0.6) is 5.75 Å². The molecule has 3 rings (SSSR count). The number of H-pyrrole nitrogens is 1. The summed E-state index contributed by atoms with van der Waals surface area (Å²) >= 11 is 0. The lowest BCUT2D eigenvalue weighted by atomic mass is 9.82. The first kappa shape index (κ1) is 16.8. The Balaban J connectivity index is 2.16. The Morgan fingerprint density at radius 2 is 1.84 bits per heavy atom. The molecule has 1 heterocycles. The number of carbonyl (C=O) groups excluding carboxylic acids is 1. The number of methoxy groups -OCH3 is 1. The lowest BCUT2D eigenvalue weighted by Gasteiger charge is -2.22. The average molecular weight is 335 g/mol. The minimum atomic E-state index is -0.764. The standard InChI is InChI=1S/C20H21N3O2/c1-20(2,19(21)24)14-6-9-16(13-4-7-15(25-3)8-5-13)17(12-14)18-22-10-11-23-18/h4-12H,1-3H3,(H2,21,24)(H,22,23). The summed E-state index contributed by atoms with van der Waals surface area (Å²) in [6.07, 6.45) is 3.48. The molecule has 0 spiro atoms. The zero-order valence-corrected chi connectivity index (χ0v) is 14.5. The van der Waals surface area contributed by atoms with Gasteiger partial charge in [-0.3, -0.25) is 4.79 Å². The van der Waals surface area contributed by atoms with Crippen molar-refractivity contribution in [1.82, 2.24) is 9.97 Å². The first-order valence-electron chi connectivity index (χ1n) is 8.02. The molecule has 3 N–H and O–H groups in total. The number of benzene rings is 2. The van der Waals surface area contributed by atoms with E-state index in [9.17, 15) is 4.79 Å². The van der Waals surface area contributed by atoms with Gasteiger partial charge in [-0.25, -0.2) is 4.98 Å². The molecule has 0 unspecified atom stereocenters. The van der Waals surface area contributed by atoms with E-state index in [1.807, 2.05) is 56.3 Å². The Kier molecular flexibility index (Phi) is 4.31. The molecular weight excluding hydrogens is 314 g/mol. The predicted molar refractivity (Wildman–Crippen MR) is 98.2 cm³/mol. The second-order valence-corrected chi connectivity index (χ2v) is 6.42. The van der Waals surface area contributed by atoms with Gasteiger partial charge >= 0.3 is 0 Å². The van der Waals surface area contributed by atoms with Crippen LogP contribution in [0.3, 0.4) is 0 Å². The highest BCUT2D eigenvalue weighted by molar-refractivity contribution is 5.88. The summed E-state index contributed by atoms with van der Waals surface area (Å²) in [4.78, 5) is 19.3. The molecule has 0 aliphatic rings. The summed E-state index contributed by atoms with van der Waals surface area (Å²) < 4.78 is 5.23. The van der Waals surface area contributed by atoms with Crippen molar-refractivity contribution in [2.24, 2.45) is 5.73 Å². The van der Waals surface area contributed by atoms with E-state index in [-0.39, 0.29) is 5.91 Å². The topological polar surface area (TPSA) is 81.0 Å². The number of ether oxygens (including phenoxy) is 1. The molecule has 0 atom stereocenters. The van der Waals surface area contributed by atoms with Crippen LogP contribution >= 0.6 is 0 Å². The summed E-state index contributed by atoms with van der Waals surface area (Å²) in [6, 6.07) is 13.8. The minimum absolute atomic E-state index is 0.366. The minimum Gasteiger partial charge on any atom is -0.497 e. The normalized spacial score (nSPS) is 11.3. The number of hydrogen-bond donors (Lipinski definition) is 2. The number of imidazole rings is 1. The van der Waals surface area contributed by atoms with Gasteiger partial charge in [0, 0.05) is 18.0 Å². The number of hydrogen-bond acceptors (Lipinski definition) is 3. The van der Waals surface area contributed by atoms with E-state index < -0.39 is 5.41 Å². The van der Waals surface area contributed by atoms with Gasteiger partial charge in [0.1, 0.15) is 11.6 Å². The molecule has 0 radical (unpaired) electrons. The van der Waals surface area contributed by atoms with Gasteiger partial charge in [-0.05, 0) is 48.7 Å². The van der Waals surface area contributed by atoms with Crippen LogP contribution in [0.1, 0.15) is 19.4 Å². The van der Waals surface area contributed by atoms with Crippen molar-refractivity contribution in [3.63, 3.8) is 0 Å². The summed E-state index contributed by atoms with van der Waals surface area (Å²) in [5, 5.41) is 0. The van der Waals surface area contributed by atoms with Crippen LogP contribution in [0.15, 0.2) is 54.9 Å². The first-order chi connectivity index (χ1) is 11.9. The van der Waals surface area contributed by atoms with Crippen LogP contribution in [-0.2, 0) is 10.2 Å². The van der Waals surface area contributed by atoms with Crippen molar-refractivity contribution < 1.29 is 9.53 Å². The molecule has 0 fully saturated rings. The van der Waals surface area contributed by atoms with Crippen LogP contribution in [-0.4, -0.2) is 23.0 Å². The van der Waals surface area contributed by atoms with Crippen molar-refractivity contribution in [2.45, 2.75) is 19.3 Å². The molecule has 5 heteroatoms. The SMILES string of the molecule is COc1ccc(-c2ccc(C(C)(C)C(N)=O)cc2-c2ncc[nH]2)cc1. The maximum atomic E-state index is 11.8. The van der Waals surface area contributed by atoms with Crippen molar-refractivity contribution in [3.05, 3.63) is 60.4 Å². The van der Waals surface area contributed by atoms with Gasteiger partial charge in [0.2, 0.25) is 5.91 Å². The maximum Gasteiger partial charge on any atom is 0.227 e. The zero-order chi connectivity index (χ0) is 18.0. The number of aromatic nitrogens is 2. The third-order valence-electron chi connectivity index (χ3n) is 4.51. The second kappa shape index (κ2) is 6.43. The number of nitrogens with zero attached hydrogens (tertiary/aromatic N) is 1. The first-order valence-corrected chi connectivity index (χ1v) is 8.02. The molecule has 25 heavy (non-hydrogen) atoms. The van der Waals surface area contributed by atoms with E-state index in [0.717, 1.165) is 33.8 Å². The average Bonchev–Trinajstić information content (AvgIpc) is 3.15. The third-order valence-corrected chi connectivity index (χ3v) is 4.51. The van der Waals surface area contributed by atoms with Crippen molar-refractivity contribution >= 4 is 5.91 Å². The number of nitrogens with two attached hydrogens (primary N) is 1. The Morgan fingerprint density at radius 1 is 1.12 bits per heavy atom. The van der Waals surface area contributed by atoms with Gasteiger partial charge in [-0.15, -0.1) is 0 Å². The van der Waals surface area contributed by atoms with Gasteiger partial charge in [0.15, 0.2) is 0 Å². The molecule has 0 bridgehead atoms. The predicted octanol–water partition coefficient (Wildman–Crippen LogP) is 3.52. The highest BCUT2D eigenvalue weighted by atomic mass is 16.5. The molecule has 0 aliphatic heterocycles.